The number of nitrogens with zero attached hydrogens (tertiary/aromatic N) is 3. The van der Waals surface area contributed by atoms with Gasteiger partial charge in [0.05, 0.1) is 11.7 Å². The molecule has 0 saturated heterocycles. The Hall–Kier alpha value is -2.10. The van der Waals surface area contributed by atoms with E-state index >= 15 is 0 Å². The summed E-state index contributed by atoms with van der Waals surface area (Å²) in [6.45, 7) is 0. The van der Waals surface area contributed by atoms with Gasteiger partial charge in [-0.1, -0.05) is 18.2 Å². The molecule has 2 aromatic heterocycles. The highest BCUT2D eigenvalue weighted by Crippen LogP contribution is 2.21. The molecule has 0 unspecified atom stereocenters. The Balaban J connectivity index is 2.65. The van der Waals surface area contributed by atoms with Crippen LogP contribution in [0.25, 0.3) is 21.8 Å². The second kappa shape index (κ2) is 2.45. The molecule has 2 heterocycles. The second-order valence-corrected chi connectivity index (χ2v) is 3.11. The van der Waals surface area contributed by atoms with Gasteiger partial charge in [-0.3, -0.25) is 4.98 Å². The standard InChI is InChI=1S/C10H7N3O/c14-13-10-7(6-12-13)5-11-9-4-2-1-3-8(9)10/h1-6,14H. The summed E-state index contributed by atoms with van der Waals surface area (Å²) in [5.74, 6) is 0. The third-order valence-electron chi connectivity index (χ3n) is 2.28. The van der Waals surface area contributed by atoms with E-state index in [0.29, 0.717) is 5.52 Å². The van der Waals surface area contributed by atoms with Crippen molar-refractivity contribution in [2.75, 3.05) is 0 Å². The van der Waals surface area contributed by atoms with Crippen LogP contribution < -0.4 is 0 Å². The van der Waals surface area contributed by atoms with Crippen LogP contribution in [0.5, 0.6) is 0 Å². The van der Waals surface area contributed by atoms with Gasteiger partial charge in [0.15, 0.2) is 0 Å². The lowest BCUT2D eigenvalue weighted by molar-refractivity contribution is 0.162. The van der Waals surface area contributed by atoms with Crippen molar-refractivity contribution >= 4 is 21.8 Å². The van der Waals surface area contributed by atoms with Gasteiger partial charge >= 0.3 is 0 Å². The van der Waals surface area contributed by atoms with E-state index in [0.717, 1.165) is 21.1 Å². The summed E-state index contributed by atoms with van der Waals surface area (Å²) in [6.07, 6.45) is 3.30. The maximum absolute atomic E-state index is 9.49. The largest absolute Gasteiger partial charge is 0.411 e. The molecule has 0 bridgehead atoms. The molecule has 3 aromatic rings. The summed E-state index contributed by atoms with van der Waals surface area (Å²) >= 11 is 0. The quantitative estimate of drug-likeness (QED) is 0.543. The Labute approximate surface area is 79.4 Å². The van der Waals surface area contributed by atoms with Crippen LogP contribution >= 0.6 is 0 Å². The van der Waals surface area contributed by atoms with Gasteiger partial charge in [0, 0.05) is 17.0 Å². The SMILES string of the molecule is On1ncc2cnc3ccccc3c21. The zero-order valence-electron chi connectivity index (χ0n) is 7.25. The molecule has 68 valence electrons. The van der Waals surface area contributed by atoms with Crippen molar-refractivity contribution in [3.63, 3.8) is 0 Å². The highest BCUT2D eigenvalue weighted by Gasteiger charge is 2.06. The molecule has 0 aliphatic carbocycles. The molecule has 0 amide bonds. The summed E-state index contributed by atoms with van der Waals surface area (Å²) in [6, 6.07) is 7.65. The minimum atomic E-state index is 0.704. The maximum atomic E-state index is 9.49. The predicted molar refractivity (Wildman–Crippen MR) is 52.2 cm³/mol. The van der Waals surface area contributed by atoms with Crippen LogP contribution in [-0.2, 0) is 0 Å². The van der Waals surface area contributed by atoms with Crippen molar-refractivity contribution in [2.24, 2.45) is 0 Å². The molecule has 4 nitrogen and oxygen atoms in total. The van der Waals surface area contributed by atoms with Crippen LogP contribution in [0.2, 0.25) is 0 Å². The molecule has 3 rings (SSSR count). The fraction of sp³-hybridized carbons (Fsp3) is 0. The minimum Gasteiger partial charge on any atom is -0.411 e. The van der Waals surface area contributed by atoms with Gasteiger partial charge in [-0.25, -0.2) is 0 Å². The van der Waals surface area contributed by atoms with E-state index in [2.05, 4.69) is 10.1 Å². The number of aromatic nitrogens is 3. The van der Waals surface area contributed by atoms with Gasteiger partial charge in [0.2, 0.25) is 0 Å². The molecule has 1 N–H and O–H groups in total. The average Bonchev–Trinajstić information content (AvgIpc) is 2.61. The molecular weight excluding hydrogens is 178 g/mol. The van der Waals surface area contributed by atoms with Crippen LogP contribution in [0.3, 0.4) is 0 Å². The molecule has 0 atom stereocenters. The Morgan fingerprint density at radius 2 is 2.00 bits per heavy atom. The number of benzene rings is 1. The summed E-state index contributed by atoms with van der Waals surface area (Å²) in [7, 11) is 0. The van der Waals surface area contributed by atoms with Crippen LogP contribution in [0, 0.1) is 0 Å². The van der Waals surface area contributed by atoms with Crippen molar-refractivity contribution in [1.29, 1.82) is 0 Å². The van der Waals surface area contributed by atoms with E-state index in [1.807, 2.05) is 24.3 Å². The van der Waals surface area contributed by atoms with Gasteiger partial charge < -0.3 is 5.21 Å². The number of pyridine rings is 1. The Morgan fingerprint density at radius 1 is 1.14 bits per heavy atom. The fourth-order valence-corrected chi connectivity index (χ4v) is 1.63. The third-order valence-corrected chi connectivity index (χ3v) is 2.28. The van der Waals surface area contributed by atoms with Crippen molar-refractivity contribution in [3.8, 4) is 0 Å². The van der Waals surface area contributed by atoms with Gasteiger partial charge in [0.25, 0.3) is 0 Å². The van der Waals surface area contributed by atoms with Crippen molar-refractivity contribution in [1.82, 2.24) is 14.9 Å². The van der Waals surface area contributed by atoms with E-state index in [9.17, 15) is 5.21 Å². The average molecular weight is 185 g/mol. The predicted octanol–water partition coefficient (Wildman–Crippen LogP) is 1.82. The molecule has 0 spiro atoms. The topological polar surface area (TPSA) is 50.9 Å². The fourth-order valence-electron chi connectivity index (χ4n) is 1.63. The van der Waals surface area contributed by atoms with E-state index < -0.39 is 0 Å². The molecule has 0 aliphatic rings. The highest BCUT2D eigenvalue weighted by molar-refractivity contribution is 6.02. The van der Waals surface area contributed by atoms with E-state index in [1.54, 1.807) is 12.4 Å². The number of fused-ring (bicyclic) bond motifs is 3. The lowest BCUT2D eigenvalue weighted by Crippen LogP contribution is -1.92. The van der Waals surface area contributed by atoms with E-state index in [4.69, 9.17) is 0 Å². The molecule has 4 heteroatoms. The third kappa shape index (κ3) is 0.821. The van der Waals surface area contributed by atoms with Crippen molar-refractivity contribution < 1.29 is 5.21 Å². The molecule has 0 saturated carbocycles. The maximum Gasteiger partial charge on any atom is 0.121 e. The number of hydrogen-bond donors (Lipinski definition) is 1. The number of hydrogen-bond acceptors (Lipinski definition) is 3. The molecule has 14 heavy (non-hydrogen) atoms. The summed E-state index contributed by atoms with van der Waals surface area (Å²) in [5.41, 5.74) is 1.56. The monoisotopic (exact) mass is 185 g/mol. The second-order valence-electron chi connectivity index (χ2n) is 3.11. The minimum absolute atomic E-state index is 0.704. The first kappa shape index (κ1) is 7.32. The lowest BCUT2D eigenvalue weighted by Gasteiger charge is -1.98. The zero-order chi connectivity index (χ0) is 9.54. The van der Waals surface area contributed by atoms with Gasteiger partial charge in [-0.15, -0.1) is 9.94 Å². The number of para-hydroxylation sites is 1. The normalized spacial score (nSPS) is 11.1. The first-order valence-corrected chi connectivity index (χ1v) is 4.27. The molecule has 0 fully saturated rings. The highest BCUT2D eigenvalue weighted by atomic mass is 16.5. The van der Waals surface area contributed by atoms with E-state index in [1.165, 1.54) is 0 Å². The van der Waals surface area contributed by atoms with Crippen molar-refractivity contribution in [3.05, 3.63) is 36.7 Å². The molecule has 0 aliphatic heterocycles. The Kier molecular flexibility index (Phi) is 1.28. The van der Waals surface area contributed by atoms with Gasteiger partial charge in [0.1, 0.15) is 5.52 Å². The zero-order valence-corrected chi connectivity index (χ0v) is 7.25. The van der Waals surface area contributed by atoms with Crippen molar-refractivity contribution in [2.45, 2.75) is 0 Å². The van der Waals surface area contributed by atoms with Crippen LogP contribution in [0.15, 0.2) is 36.7 Å². The first-order valence-electron chi connectivity index (χ1n) is 4.27. The molecular formula is C10H7N3O. The summed E-state index contributed by atoms with van der Waals surface area (Å²) in [5, 5.41) is 15.0. The Bertz CT molecular complexity index is 615. The van der Waals surface area contributed by atoms with Gasteiger partial charge in [-0.2, -0.15) is 0 Å². The molecule has 0 radical (unpaired) electrons. The smallest absolute Gasteiger partial charge is 0.121 e. The van der Waals surface area contributed by atoms with Gasteiger partial charge in [-0.05, 0) is 6.07 Å². The van der Waals surface area contributed by atoms with E-state index in [-0.39, 0.29) is 0 Å². The van der Waals surface area contributed by atoms with Crippen LogP contribution in [0.4, 0.5) is 0 Å². The van der Waals surface area contributed by atoms with Crippen LogP contribution in [-0.4, -0.2) is 20.1 Å². The lowest BCUT2D eigenvalue weighted by atomic mass is 10.2. The van der Waals surface area contributed by atoms with Crippen LogP contribution in [0.1, 0.15) is 0 Å². The molecule has 1 aromatic carbocycles. The Morgan fingerprint density at radius 3 is 2.93 bits per heavy atom. The summed E-state index contributed by atoms with van der Waals surface area (Å²) in [4.78, 5) is 5.15. The first-order chi connectivity index (χ1) is 6.86. The summed E-state index contributed by atoms with van der Waals surface area (Å²) < 4.78 is 0. The number of rotatable bonds is 0.